The normalized spacial score (nSPS) is 28.9. The molecule has 2 rings (SSSR count). The smallest absolute Gasteiger partial charge is 0.303 e. The Morgan fingerprint density at radius 3 is 2.30 bits per heavy atom. The number of rotatable bonds is 5. The average Bonchev–Trinajstić information content (AvgIpc) is 2.50. The molecule has 0 bridgehead atoms. The van der Waals surface area contributed by atoms with Gasteiger partial charge in [-0.3, -0.25) is 19.3 Å². The van der Waals surface area contributed by atoms with Gasteiger partial charge in [0.25, 0.3) is 0 Å². The molecule has 1 heterocycles. The van der Waals surface area contributed by atoms with Gasteiger partial charge in [-0.25, -0.2) is 0 Å². The zero-order chi connectivity index (χ0) is 15.1. The van der Waals surface area contributed by atoms with Gasteiger partial charge in [-0.2, -0.15) is 0 Å². The molecule has 1 atom stereocenters. The van der Waals surface area contributed by atoms with Crippen molar-refractivity contribution >= 4 is 17.8 Å². The van der Waals surface area contributed by atoms with E-state index in [1.165, 1.54) is 4.90 Å². The summed E-state index contributed by atoms with van der Waals surface area (Å²) in [4.78, 5) is 37.0. The molecule has 1 aliphatic heterocycles. The molecule has 1 saturated heterocycles. The Morgan fingerprint density at radius 1 is 1.35 bits per heavy atom. The first-order valence-electron chi connectivity index (χ1n) is 7.27. The third-order valence-corrected chi connectivity index (χ3v) is 5.26. The molecule has 2 aliphatic rings. The lowest BCUT2D eigenvalue weighted by Gasteiger charge is -2.43. The van der Waals surface area contributed by atoms with E-state index in [1.807, 2.05) is 20.8 Å². The summed E-state index contributed by atoms with van der Waals surface area (Å²) in [5.74, 6) is -1.03. The molecule has 1 aliphatic carbocycles. The zero-order valence-electron chi connectivity index (χ0n) is 12.4. The van der Waals surface area contributed by atoms with Crippen LogP contribution >= 0.6 is 0 Å². The quantitative estimate of drug-likeness (QED) is 0.783. The van der Waals surface area contributed by atoms with E-state index in [-0.39, 0.29) is 42.5 Å². The van der Waals surface area contributed by atoms with Gasteiger partial charge in [0.1, 0.15) is 0 Å². The van der Waals surface area contributed by atoms with Crippen molar-refractivity contribution in [3.8, 4) is 0 Å². The molecule has 0 radical (unpaired) electrons. The molecule has 0 spiro atoms. The van der Waals surface area contributed by atoms with Crippen LogP contribution in [0.3, 0.4) is 0 Å². The van der Waals surface area contributed by atoms with E-state index in [4.69, 9.17) is 5.11 Å². The Labute approximate surface area is 119 Å². The van der Waals surface area contributed by atoms with E-state index in [2.05, 4.69) is 0 Å². The number of carbonyl (C=O) groups is 3. The van der Waals surface area contributed by atoms with Gasteiger partial charge >= 0.3 is 5.97 Å². The number of hydrogen-bond acceptors (Lipinski definition) is 3. The van der Waals surface area contributed by atoms with Gasteiger partial charge < -0.3 is 5.11 Å². The SMILES string of the molecule is CC(C)C1(C)CC(=O)N(CC2(CC(=O)O)CCC2)C1=O. The summed E-state index contributed by atoms with van der Waals surface area (Å²) in [6.07, 6.45) is 2.84. The minimum atomic E-state index is -0.851. The van der Waals surface area contributed by atoms with Crippen LogP contribution in [0.15, 0.2) is 0 Å². The molecule has 1 N–H and O–H groups in total. The van der Waals surface area contributed by atoms with Crippen molar-refractivity contribution in [2.24, 2.45) is 16.7 Å². The highest BCUT2D eigenvalue weighted by Crippen LogP contribution is 2.47. The predicted molar refractivity (Wildman–Crippen MR) is 72.8 cm³/mol. The highest BCUT2D eigenvalue weighted by molar-refractivity contribution is 6.05. The fourth-order valence-electron chi connectivity index (χ4n) is 3.24. The highest BCUT2D eigenvalue weighted by Gasteiger charge is 2.53. The second-order valence-electron chi connectivity index (χ2n) is 6.96. The second kappa shape index (κ2) is 4.86. The minimum absolute atomic E-state index is 0.0441. The van der Waals surface area contributed by atoms with Crippen LogP contribution in [0.25, 0.3) is 0 Å². The molecule has 0 aromatic heterocycles. The number of carbonyl (C=O) groups excluding carboxylic acids is 2. The number of carboxylic acid groups (broad SMARTS) is 1. The molecule has 0 aromatic carbocycles. The lowest BCUT2D eigenvalue weighted by atomic mass is 9.66. The number of amides is 2. The summed E-state index contributed by atoms with van der Waals surface area (Å²) >= 11 is 0. The Kier molecular flexibility index (Phi) is 3.65. The molecular formula is C15H23NO4. The molecule has 5 heteroatoms. The molecule has 20 heavy (non-hydrogen) atoms. The van der Waals surface area contributed by atoms with Gasteiger partial charge in [-0.05, 0) is 31.1 Å². The Hall–Kier alpha value is -1.39. The van der Waals surface area contributed by atoms with E-state index >= 15 is 0 Å². The van der Waals surface area contributed by atoms with Crippen LogP contribution in [0.5, 0.6) is 0 Å². The summed E-state index contributed by atoms with van der Waals surface area (Å²) in [7, 11) is 0. The third kappa shape index (κ3) is 2.34. The maximum atomic E-state index is 12.5. The van der Waals surface area contributed by atoms with Gasteiger partial charge in [0.05, 0.1) is 11.8 Å². The van der Waals surface area contributed by atoms with Gasteiger partial charge in [0, 0.05) is 13.0 Å². The summed E-state index contributed by atoms with van der Waals surface area (Å²) in [6, 6.07) is 0. The minimum Gasteiger partial charge on any atom is -0.481 e. The summed E-state index contributed by atoms with van der Waals surface area (Å²) in [6.45, 7) is 6.01. The summed E-state index contributed by atoms with van der Waals surface area (Å²) in [5, 5.41) is 9.02. The number of hydrogen-bond donors (Lipinski definition) is 1. The van der Waals surface area contributed by atoms with Crippen molar-refractivity contribution < 1.29 is 19.5 Å². The second-order valence-corrected chi connectivity index (χ2v) is 6.96. The van der Waals surface area contributed by atoms with Crippen LogP contribution in [0, 0.1) is 16.7 Å². The van der Waals surface area contributed by atoms with Crippen molar-refractivity contribution in [1.82, 2.24) is 4.90 Å². The Morgan fingerprint density at radius 2 is 1.95 bits per heavy atom. The lowest BCUT2D eigenvalue weighted by Crippen LogP contribution is -2.47. The molecule has 2 amide bonds. The van der Waals surface area contributed by atoms with Crippen LogP contribution in [0.4, 0.5) is 0 Å². The molecule has 0 aromatic rings. The highest BCUT2D eigenvalue weighted by atomic mass is 16.4. The lowest BCUT2D eigenvalue weighted by molar-refractivity contribution is -0.150. The van der Waals surface area contributed by atoms with Crippen molar-refractivity contribution in [2.75, 3.05) is 6.54 Å². The van der Waals surface area contributed by atoms with Crippen LogP contribution in [-0.4, -0.2) is 34.3 Å². The van der Waals surface area contributed by atoms with E-state index in [9.17, 15) is 14.4 Å². The third-order valence-electron chi connectivity index (χ3n) is 5.26. The van der Waals surface area contributed by atoms with Crippen LogP contribution in [0.2, 0.25) is 0 Å². The fourth-order valence-corrected chi connectivity index (χ4v) is 3.24. The van der Waals surface area contributed by atoms with Crippen molar-refractivity contribution in [3.05, 3.63) is 0 Å². The number of carboxylic acids is 1. The molecule has 1 saturated carbocycles. The molecule has 5 nitrogen and oxygen atoms in total. The Balaban J connectivity index is 2.15. The van der Waals surface area contributed by atoms with Gasteiger partial charge in [-0.15, -0.1) is 0 Å². The van der Waals surface area contributed by atoms with Crippen LogP contribution in [-0.2, 0) is 14.4 Å². The standard InChI is InChI=1S/C15H23NO4/c1-10(2)14(3)7-11(17)16(13(14)20)9-15(5-4-6-15)8-12(18)19/h10H,4-9H2,1-3H3,(H,18,19). The van der Waals surface area contributed by atoms with Crippen molar-refractivity contribution in [1.29, 1.82) is 0 Å². The fraction of sp³-hybridized carbons (Fsp3) is 0.800. The maximum absolute atomic E-state index is 12.5. The molecule has 1 unspecified atom stereocenters. The molecular weight excluding hydrogens is 258 g/mol. The van der Waals surface area contributed by atoms with Crippen molar-refractivity contribution in [3.63, 3.8) is 0 Å². The summed E-state index contributed by atoms with van der Waals surface area (Å²) in [5.41, 5.74) is -1.02. The van der Waals surface area contributed by atoms with Gasteiger partial charge in [0.2, 0.25) is 11.8 Å². The largest absolute Gasteiger partial charge is 0.481 e. The first-order chi connectivity index (χ1) is 9.20. The van der Waals surface area contributed by atoms with Crippen LogP contribution in [0.1, 0.15) is 52.9 Å². The van der Waals surface area contributed by atoms with Gasteiger partial charge in [0.15, 0.2) is 0 Å². The van der Waals surface area contributed by atoms with E-state index in [1.54, 1.807) is 0 Å². The van der Waals surface area contributed by atoms with Crippen LogP contribution < -0.4 is 0 Å². The predicted octanol–water partition coefficient (Wildman–Crippen LogP) is 2.05. The summed E-state index contributed by atoms with van der Waals surface area (Å²) < 4.78 is 0. The average molecular weight is 281 g/mol. The van der Waals surface area contributed by atoms with E-state index in [0.717, 1.165) is 19.3 Å². The first kappa shape index (κ1) is 15.0. The zero-order valence-corrected chi connectivity index (χ0v) is 12.4. The van der Waals surface area contributed by atoms with Gasteiger partial charge in [-0.1, -0.05) is 20.3 Å². The molecule has 112 valence electrons. The number of likely N-dealkylation sites (tertiary alicyclic amines) is 1. The maximum Gasteiger partial charge on any atom is 0.303 e. The van der Waals surface area contributed by atoms with E-state index < -0.39 is 11.4 Å². The van der Waals surface area contributed by atoms with Crippen molar-refractivity contribution in [2.45, 2.75) is 52.9 Å². The number of nitrogens with zero attached hydrogens (tertiary/aromatic N) is 1. The topological polar surface area (TPSA) is 74.7 Å². The first-order valence-corrected chi connectivity index (χ1v) is 7.27. The van der Waals surface area contributed by atoms with E-state index in [0.29, 0.717) is 0 Å². The number of imide groups is 1. The monoisotopic (exact) mass is 281 g/mol. The molecule has 2 fully saturated rings. The Bertz CT molecular complexity index is 453. The number of aliphatic carboxylic acids is 1.